The number of carbonyl (C=O) groups excluding carboxylic acids is 1. The monoisotopic (exact) mass is 604 g/mol. The maximum absolute atomic E-state index is 12.9. The summed E-state index contributed by atoms with van der Waals surface area (Å²) < 4.78 is 64.0. The summed E-state index contributed by atoms with van der Waals surface area (Å²) >= 11 is 0. The summed E-state index contributed by atoms with van der Waals surface area (Å²) in [6, 6.07) is 8.42. The molecule has 1 aromatic heterocycles. The van der Waals surface area contributed by atoms with Crippen LogP contribution in [0.15, 0.2) is 81.1 Å². The van der Waals surface area contributed by atoms with Crippen LogP contribution in [-0.2, 0) is 29.8 Å². The van der Waals surface area contributed by atoms with E-state index in [0.29, 0.717) is 5.01 Å². The number of aliphatic carboxylic acids is 1. The van der Waals surface area contributed by atoms with Crippen LogP contribution < -0.4 is 5.01 Å². The molecule has 0 saturated heterocycles. The second-order valence-corrected chi connectivity index (χ2v) is 10.9. The van der Waals surface area contributed by atoms with Gasteiger partial charge in [0.15, 0.2) is 11.4 Å². The van der Waals surface area contributed by atoms with Crippen molar-refractivity contribution < 1.29 is 55.6 Å². The predicted molar refractivity (Wildman–Crippen MR) is 138 cm³/mol. The normalized spacial score (nSPS) is 15.1. The molecule has 2 heterocycles. The van der Waals surface area contributed by atoms with Gasteiger partial charge in [0.2, 0.25) is 5.88 Å². The highest BCUT2D eigenvalue weighted by molar-refractivity contribution is 7.86. The first-order valence-electron chi connectivity index (χ1n) is 10.9. The SMILES string of the molecule is O=C(O)C1=NN(c2ccc(S(=O)(=O)O)cc2)C(=O)/C1=C\C=Cc1c(C(=O)O)nn(-c2ccc(S(=O)(=O)O)cc2)c1O. The van der Waals surface area contributed by atoms with E-state index in [2.05, 4.69) is 10.2 Å². The molecule has 5 N–H and O–H groups in total. The van der Waals surface area contributed by atoms with Gasteiger partial charge in [0.05, 0.1) is 32.3 Å². The van der Waals surface area contributed by atoms with Gasteiger partial charge < -0.3 is 15.3 Å². The van der Waals surface area contributed by atoms with Gasteiger partial charge in [0.1, 0.15) is 0 Å². The lowest BCUT2D eigenvalue weighted by atomic mass is 10.1. The average molecular weight is 605 g/mol. The van der Waals surface area contributed by atoms with Gasteiger partial charge in [-0.05, 0) is 60.7 Å². The molecule has 1 aliphatic rings. The summed E-state index contributed by atoms with van der Waals surface area (Å²) in [5, 5.41) is 37.9. The minimum absolute atomic E-state index is 0.0253. The van der Waals surface area contributed by atoms with Gasteiger partial charge in [-0.1, -0.05) is 6.08 Å². The van der Waals surface area contributed by atoms with E-state index in [4.69, 9.17) is 9.11 Å². The van der Waals surface area contributed by atoms with E-state index >= 15 is 0 Å². The van der Waals surface area contributed by atoms with Crippen LogP contribution >= 0.6 is 0 Å². The fourth-order valence-corrected chi connectivity index (χ4v) is 4.53. The van der Waals surface area contributed by atoms with E-state index in [-0.39, 0.29) is 16.9 Å². The third kappa shape index (κ3) is 5.75. The van der Waals surface area contributed by atoms with Crippen LogP contribution in [0.4, 0.5) is 5.69 Å². The number of aromatic hydroxyl groups is 1. The molecule has 0 radical (unpaired) electrons. The number of carboxylic acids is 2. The fourth-order valence-electron chi connectivity index (χ4n) is 3.57. The Bertz CT molecular complexity index is 1910. The van der Waals surface area contributed by atoms with Crippen molar-refractivity contribution in [3.05, 3.63) is 77.5 Å². The molecule has 0 spiro atoms. The summed E-state index contributed by atoms with van der Waals surface area (Å²) in [6.45, 7) is 0. The number of hydrogen-bond acceptors (Lipinski definition) is 10. The molecule has 3 aromatic rings. The first-order valence-corrected chi connectivity index (χ1v) is 13.7. The molecular weight excluding hydrogens is 588 g/mol. The Morgan fingerprint density at radius 2 is 1.32 bits per heavy atom. The Labute approximate surface area is 229 Å². The third-order valence-electron chi connectivity index (χ3n) is 5.46. The lowest BCUT2D eigenvalue weighted by Crippen LogP contribution is -2.22. The van der Waals surface area contributed by atoms with E-state index in [0.717, 1.165) is 71.4 Å². The molecule has 0 aliphatic carbocycles. The van der Waals surface area contributed by atoms with Crippen LogP contribution in [0.1, 0.15) is 16.1 Å². The molecule has 2 aromatic carbocycles. The second kappa shape index (κ2) is 10.4. The number of nitrogens with zero attached hydrogens (tertiary/aromatic N) is 4. The lowest BCUT2D eigenvalue weighted by Gasteiger charge is -2.11. The molecule has 0 unspecified atom stereocenters. The maximum atomic E-state index is 12.9. The molecule has 0 fully saturated rings. The Hall–Kier alpha value is -5.17. The number of benzene rings is 2. The van der Waals surface area contributed by atoms with Crippen molar-refractivity contribution in [2.75, 3.05) is 5.01 Å². The summed E-state index contributed by atoms with van der Waals surface area (Å²) in [7, 11) is -9.04. The number of allylic oxidation sites excluding steroid dienone is 2. The van der Waals surface area contributed by atoms with Gasteiger partial charge in [-0.3, -0.25) is 13.9 Å². The number of aromatic carboxylic acids is 1. The highest BCUT2D eigenvalue weighted by Gasteiger charge is 2.35. The summed E-state index contributed by atoms with van der Waals surface area (Å²) in [5.41, 5.74) is -2.16. The van der Waals surface area contributed by atoms with Crippen LogP contribution in [0.2, 0.25) is 0 Å². The number of rotatable bonds is 8. The van der Waals surface area contributed by atoms with E-state index in [9.17, 15) is 46.5 Å². The van der Waals surface area contributed by atoms with Crippen LogP contribution in [0.5, 0.6) is 5.88 Å². The molecule has 4 rings (SSSR count). The Morgan fingerprint density at radius 1 is 0.805 bits per heavy atom. The van der Waals surface area contributed by atoms with Gasteiger partial charge in [0, 0.05) is 0 Å². The van der Waals surface area contributed by atoms with Gasteiger partial charge in [-0.2, -0.15) is 36.7 Å². The van der Waals surface area contributed by atoms with Crippen molar-refractivity contribution in [1.29, 1.82) is 0 Å². The van der Waals surface area contributed by atoms with Gasteiger partial charge in [0.25, 0.3) is 26.1 Å². The number of carbonyl (C=O) groups is 3. The quantitative estimate of drug-likeness (QED) is 0.179. The molecular formula is C23H16N4O12S2. The highest BCUT2D eigenvalue weighted by atomic mass is 32.2. The molecule has 1 amide bonds. The largest absolute Gasteiger partial charge is 0.493 e. The summed E-state index contributed by atoms with van der Waals surface area (Å²) in [5.74, 6) is -4.80. The first-order chi connectivity index (χ1) is 19.1. The molecule has 0 bridgehead atoms. The number of hydrogen-bond donors (Lipinski definition) is 5. The van der Waals surface area contributed by atoms with Crippen LogP contribution in [-0.4, -0.2) is 74.6 Å². The minimum Gasteiger partial charge on any atom is -0.493 e. The molecule has 18 heteroatoms. The van der Waals surface area contributed by atoms with E-state index < -0.39 is 70.7 Å². The van der Waals surface area contributed by atoms with Crippen molar-refractivity contribution in [3.8, 4) is 11.6 Å². The highest BCUT2D eigenvalue weighted by Crippen LogP contribution is 2.28. The number of anilines is 1. The standard InChI is InChI=1S/C23H16N4O12S2/c28-20-16(18(22(30)31)24-26(20)12-4-8-14(9-5-12)40(34,35)36)2-1-3-17-19(23(32)33)25-27(21(17)29)13-6-10-15(11-7-13)41(37,38)39/h1-11,28H,(H,30,31)(H,32,33)(H,34,35,36)(H,37,38,39)/b2-1?,17-3-. The zero-order chi connectivity index (χ0) is 30.3. The molecule has 0 saturated carbocycles. The predicted octanol–water partition coefficient (Wildman–Crippen LogP) is 1.20. The van der Waals surface area contributed by atoms with Gasteiger partial charge in [-0.15, -0.1) is 0 Å². The van der Waals surface area contributed by atoms with Crippen molar-refractivity contribution in [3.63, 3.8) is 0 Å². The summed E-state index contributed by atoms with van der Waals surface area (Å²) in [4.78, 5) is 35.5. The molecule has 0 atom stereocenters. The molecule has 1 aliphatic heterocycles. The zero-order valence-electron chi connectivity index (χ0n) is 20.1. The number of aromatic nitrogens is 2. The Kier molecular flexibility index (Phi) is 7.33. The number of hydrazone groups is 1. The lowest BCUT2D eigenvalue weighted by molar-refractivity contribution is -0.129. The molecule has 212 valence electrons. The van der Waals surface area contributed by atoms with Gasteiger partial charge >= 0.3 is 11.9 Å². The maximum Gasteiger partial charge on any atom is 0.357 e. The van der Waals surface area contributed by atoms with Crippen molar-refractivity contribution >= 4 is 55.6 Å². The van der Waals surface area contributed by atoms with Crippen LogP contribution in [0.3, 0.4) is 0 Å². The molecule has 41 heavy (non-hydrogen) atoms. The van der Waals surface area contributed by atoms with Crippen molar-refractivity contribution in [1.82, 2.24) is 9.78 Å². The zero-order valence-corrected chi connectivity index (χ0v) is 21.7. The first kappa shape index (κ1) is 28.8. The summed E-state index contributed by atoms with van der Waals surface area (Å²) in [6.07, 6.45) is 3.08. The van der Waals surface area contributed by atoms with E-state index in [1.807, 2.05) is 0 Å². The van der Waals surface area contributed by atoms with Crippen LogP contribution in [0, 0.1) is 0 Å². The topological polar surface area (TPSA) is 254 Å². The fraction of sp³-hybridized carbons (Fsp3) is 0. The molecule has 16 nitrogen and oxygen atoms in total. The number of amides is 1. The second-order valence-electron chi connectivity index (χ2n) is 8.05. The third-order valence-corrected chi connectivity index (χ3v) is 7.20. The average Bonchev–Trinajstić information content (AvgIpc) is 3.40. The van der Waals surface area contributed by atoms with E-state index in [1.165, 1.54) is 0 Å². The Morgan fingerprint density at radius 3 is 1.78 bits per heavy atom. The smallest absolute Gasteiger partial charge is 0.357 e. The van der Waals surface area contributed by atoms with Crippen molar-refractivity contribution in [2.24, 2.45) is 5.10 Å². The minimum atomic E-state index is -4.52. The van der Waals surface area contributed by atoms with E-state index in [1.54, 1.807) is 0 Å². The van der Waals surface area contributed by atoms with Crippen LogP contribution in [0.25, 0.3) is 11.8 Å². The number of carboxylic acid groups (broad SMARTS) is 2. The van der Waals surface area contributed by atoms with Gasteiger partial charge in [-0.25, -0.2) is 9.59 Å². The van der Waals surface area contributed by atoms with Crippen molar-refractivity contribution in [2.45, 2.75) is 9.79 Å². The Balaban J connectivity index is 1.69.